The molecule has 0 aromatic heterocycles. The molecule has 24 heavy (non-hydrogen) atoms. The number of fused-ring (bicyclic) bond motifs is 1. The second kappa shape index (κ2) is 6.49. The smallest absolute Gasteiger partial charge is 0.262 e. The number of benzene rings is 1. The molecule has 0 saturated carbocycles. The van der Waals surface area contributed by atoms with Crippen LogP contribution in [0, 0.1) is 11.3 Å². The van der Waals surface area contributed by atoms with E-state index < -0.39 is 21.8 Å². The van der Waals surface area contributed by atoms with E-state index in [9.17, 15) is 18.5 Å². The first kappa shape index (κ1) is 16.3. The molecule has 1 atom stereocenters. The van der Waals surface area contributed by atoms with Crippen molar-refractivity contribution < 1.29 is 17.9 Å². The van der Waals surface area contributed by atoms with E-state index in [1.165, 1.54) is 6.08 Å². The summed E-state index contributed by atoms with van der Waals surface area (Å²) in [5.41, 5.74) is 1.53. The van der Waals surface area contributed by atoms with Crippen LogP contribution in [-0.4, -0.2) is 38.5 Å². The summed E-state index contributed by atoms with van der Waals surface area (Å²) in [5, 5.41) is 11.9. The topological polar surface area (TPSA) is 96.3 Å². The maximum Gasteiger partial charge on any atom is 0.262 e. The van der Waals surface area contributed by atoms with Gasteiger partial charge in [0.15, 0.2) is 9.84 Å². The number of carbonyl (C=O) groups excluding carboxylic acids is 1. The largest absolute Gasteiger partial charge is 0.488 e. The fourth-order valence-electron chi connectivity index (χ4n) is 2.72. The lowest BCUT2D eigenvalue weighted by molar-refractivity contribution is -0.117. The maximum absolute atomic E-state index is 12.2. The maximum atomic E-state index is 12.2. The van der Waals surface area contributed by atoms with Gasteiger partial charge in [0.1, 0.15) is 24.0 Å². The predicted molar refractivity (Wildman–Crippen MR) is 88.8 cm³/mol. The van der Waals surface area contributed by atoms with Gasteiger partial charge in [-0.3, -0.25) is 4.79 Å². The van der Waals surface area contributed by atoms with Gasteiger partial charge >= 0.3 is 0 Å². The molecule has 0 bridgehead atoms. The van der Waals surface area contributed by atoms with Gasteiger partial charge in [-0.1, -0.05) is 18.2 Å². The minimum atomic E-state index is -3.08. The van der Waals surface area contributed by atoms with E-state index in [0.29, 0.717) is 12.0 Å². The van der Waals surface area contributed by atoms with Crippen LogP contribution in [0.5, 0.6) is 5.75 Å². The Morgan fingerprint density at radius 3 is 2.88 bits per heavy atom. The average Bonchev–Trinajstić information content (AvgIpc) is 2.91. The molecular weight excluding hydrogens is 328 g/mol. The lowest BCUT2D eigenvalue weighted by Crippen LogP contribution is -2.36. The molecule has 1 N–H and O–H groups in total. The Balaban J connectivity index is 1.75. The zero-order valence-electron chi connectivity index (χ0n) is 12.9. The summed E-state index contributed by atoms with van der Waals surface area (Å²) in [6, 6.07) is 8.93. The van der Waals surface area contributed by atoms with Gasteiger partial charge in [0.05, 0.1) is 11.5 Å². The molecule has 6 nitrogen and oxygen atoms in total. The average molecular weight is 344 g/mol. The molecular formula is C17H16N2O4S. The van der Waals surface area contributed by atoms with Gasteiger partial charge in [-0.15, -0.1) is 0 Å². The van der Waals surface area contributed by atoms with Crippen molar-refractivity contribution in [3.05, 3.63) is 47.1 Å². The van der Waals surface area contributed by atoms with Crippen molar-refractivity contribution in [1.29, 1.82) is 5.26 Å². The van der Waals surface area contributed by atoms with Crippen LogP contribution in [0.15, 0.2) is 41.5 Å². The SMILES string of the molecule is N#C/C(=C\C1=Cc2ccccc2OC1)C(=O)N[C@H]1CCS(=O)(=O)C1. The fraction of sp³-hybridized carbons (Fsp3) is 0.294. The highest BCUT2D eigenvalue weighted by molar-refractivity contribution is 7.91. The molecule has 7 heteroatoms. The van der Waals surface area contributed by atoms with Crippen LogP contribution in [0.25, 0.3) is 6.08 Å². The van der Waals surface area contributed by atoms with Crippen LogP contribution in [0.3, 0.4) is 0 Å². The Kier molecular flexibility index (Phi) is 4.40. The molecule has 124 valence electrons. The molecule has 2 aliphatic heterocycles. The summed E-state index contributed by atoms with van der Waals surface area (Å²) in [7, 11) is -3.08. The number of hydrogen-bond acceptors (Lipinski definition) is 5. The first-order chi connectivity index (χ1) is 11.5. The first-order valence-electron chi connectivity index (χ1n) is 7.52. The van der Waals surface area contributed by atoms with E-state index in [1.54, 1.807) is 0 Å². The van der Waals surface area contributed by atoms with Crippen molar-refractivity contribution in [1.82, 2.24) is 5.32 Å². The highest BCUT2D eigenvalue weighted by Gasteiger charge is 2.29. The molecule has 0 unspecified atom stereocenters. The number of rotatable bonds is 3. The summed E-state index contributed by atoms with van der Waals surface area (Å²) in [5.74, 6) is 0.198. The Bertz CT molecular complexity index is 878. The minimum absolute atomic E-state index is 0.0615. The number of nitriles is 1. The number of carbonyl (C=O) groups is 1. The number of nitrogens with one attached hydrogen (secondary N) is 1. The van der Waals surface area contributed by atoms with Gasteiger partial charge in [-0.25, -0.2) is 8.42 Å². The third-order valence-corrected chi connectivity index (χ3v) is 5.68. The van der Waals surface area contributed by atoms with Crippen LogP contribution in [0.1, 0.15) is 12.0 Å². The van der Waals surface area contributed by atoms with Gasteiger partial charge in [-0.05, 0) is 30.2 Å². The third kappa shape index (κ3) is 3.66. The fourth-order valence-corrected chi connectivity index (χ4v) is 4.40. The molecule has 2 aliphatic rings. The Labute approximate surface area is 140 Å². The third-order valence-electron chi connectivity index (χ3n) is 3.92. The van der Waals surface area contributed by atoms with Gasteiger partial charge in [-0.2, -0.15) is 5.26 Å². The van der Waals surface area contributed by atoms with E-state index in [2.05, 4.69) is 5.32 Å². The first-order valence-corrected chi connectivity index (χ1v) is 9.34. The summed E-state index contributed by atoms with van der Waals surface area (Å²) in [6.45, 7) is 0.271. The van der Waals surface area contributed by atoms with Gasteiger partial charge in [0.25, 0.3) is 5.91 Å². The summed E-state index contributed by atoms with van der Waals surface area (Å²) >= 11 is 0. The van der Waals surface area contributed by atoms with E-state index in [4.69, 9.17) is 4.74 Å². The van der Waals surface area contributed by atoms with E-state index in [-0.39, 0.29) is 23.7 Å². The highest BCUT2D eigenvalue weighted by atomic mass is 32.2. The molecule has 2 heterocycles. The summed E-state index contributed by atoms with van der Waals surface area (Å²) in [6.07, 6.45) is 3.73. The van der Waals surface area contributed by atoms with Crippen molar-refractivity contribution in [3.8, 4) is 11.8 Å². The molecule has 0 spiro atoms. The van der Waals surface area contributed by atoms with E-state index >= 15 is 0 Å². The lowest BCUT2D eigenvalue weighted by Gasteiger charge is -2.16. The molecule has 1 saturated heterocycles. The van der Waals surface area contributed by atoms with Gasteiger partial charge < -0.3 is 10.1 Å². The van der Waals surface area contributed by atoms with Crippen LogP contribution < -0.4 is 10.1 Å². The van der Waals surface area contributed by atoms with Crippen molar-refractivity contribution >= 4 is 21.8 Å². The summed E-state index contributed by atoms with van der Waals surface area (Å²) < 4.78 is 28.5. The monoisotopic (exact) mass is 344 g/mol. The van der Waals surface area contributed by atoms with Crippen LogP contribution in [0.2, 0.25) is 0 Å². The minimum Gasteiger partial charge on any atom is -0.488 e. The molecule has 0 radical (unpaired) electrons. The van der Waals surface area contributed by atoms with E-state index in [1.807, 2.05) is 36.4 Å². The molecule has 3 rings (SSSR count). The molecule has 1 amide bonds. The number of nitrogens with zero attached hydrogens (tertiary/aromatic N) is 1. The van der Waals surface area contributed by atoms with Crippen molar-refractivity contribution in [2.75, 3.05) is 18.1 Å². The standard InChI is InChI=1S/C17H16N2O4S/c18-9-14(17(20)19-15-5-6-24(21,22)11-15)8-12-7-13-3-1-2-4-16(13)23-10-12/h1-4,7-8,15H,5-6,10-11H2,(H,19,20)/b14-8+/t15-/m0/s1. The Morgan fingerprint density at radius 2 is 2.17 bits per heavy atom. The second-order valence-electron chi connectivity index (χ2n) is 5.79. The predicted octanol–water partition coefficient (Wildman–Crippen LogP) is 1.22. The van der Waals surface area contributed by atoms with Crippen LogP contribution >= 0.6 is 0 Å². The quantitative estimate of drug-likeness (QED) is 0.657. The molecule has 1 aromatic carbocycles. The zero-order chi connectivity index (χ0) is 17.2. The van der Waals surface area contributed by atoms with Gasteiger partial charge in [0, 0.05) is 11.6 Å². The Hall–Kier alpha value is -2.59. The van der Waals surface area contributed by atoms with Crippen molar-refractivity contribution in [2.24, 2.45) is 0 Å². The van der Waals surface area contributed by atoms with Gasteiger partial charge in [0.2, 0.25) is 0 Å². The van der Waals surface area contributed by atoms with E-state index in [0.717, 1.165) is 11.3 Å². The number of hydrogen-bond donors (Lipinski definition) is 1. The normalized spacial score (nSPS) is 21.9. The number of amides is 1. The molecule has 0 aliphatic carbocycles. The lowest BCUT2D eigenvalue weighted by atomic mass is 10.0. The van der Waals surface area contributed by atoms with Crippen LogP contribution in [-0.2, 0) is 14.6 Å². The van der Waals surface area contributed by atoms with Crippen molar-refractivity contribution in [2.45, 2.75) is 12.5 Å². The number of sulfone groups is 1. The Morgan fingerprint density at radius 1 is 1.38 bits per heavy atom. The number of para-hydroxylation sites is 1. The number of ether oxygens (including phenoxy) is 1. The second-order valence-corrected chi connectivity index (χ2v) is 8.02. The summed E-state index contributed by atoms with van der Waals surface area (Å²) in [4.78, 5) is 12.2. The highest BCUT2D eigenvalue weighted by Crippen LogP contribution is 2.26. The van der Waals surface area contributed by atoms with Crippen molar-refractivity contribution in [3.63, 3.8) is 0 Å². The van der Waals surface area contributed by atoms with Crippen LogP contribution in [0.4, 0.5) is 0 Å². The molecule has 1 aromatic rings. The molecule has 1 fully saturated rings. The zero-order valence-corrected chi connectivity index (χ0v) is 13.7.